The Kier molecular flexibility index (Phi) is 8.88. The van der Waals surface area contributed by atoms with Gasteiger partial charge >= 0.3 is 0 Å². The molecule has 1 aliphatic carbocycles. The van der Waals surface area contributed by atoms with Gasteiger partial charge in [0.25, 0.3) is 0 Å². The van der Waals surface area contributed by atoms with Crippen LogP contribution in [0.5, 0.6) is 5.75 Å². The van der Waals surface area contributed by atoms with Gasteiger partial charge in [-0.1, -0.05) is 18.2 Å². The topological polar surface area (TPSA) is 45.7 Å². The standard InChI is InChI=1S/C16H22FN3O.HI/c1-2-18-16(20-14-7-3-4-8-14)19-10-11-21-15-9-5-6-13(17)12-15;/h3-6,9,12,14H,2,7-8,10-11H2,1H3,(H2,18,19,20);1H. The molecule has 0 radical (unpaired) electrons. The van der Waals surface area contributed by atoms with Crippen LogP contribution in [0.1, 0.15) is 19.8 Å². The Labute approximate surface area is 148 Å². The monoisotopic (exact) mass is 419 g/mol. The SMILES string of the molecule is CCNC(=NCCOc1cccc(F)c1)NC1CC=CC1.I. The van der Waals surface area contributed by atoms with Gasteiger partial charge in [0.2, 0.25) is 0 Å². The summed E-state index contributed by atoms with van der Waals surface area (Å²) in [5.74, 6) is 1.04. The number of hydrogen-bond acceptors (Lipinski definition) is 2. The normalized spacial score (nSPS) is 14.5. The van der Waals surface area contributed by atoms with Crippen LogP contribution in [0.25, 0.3) is 0 Å². The molecule has 2 rings (SSSR count). The quantitative estimate of drug-likeness (QED) is 0.245. The molecule has 0 saturated carbocycles. The largest absolute Gasteiger partial charge is 0.492 e. The fraction of sp³-hybridized carbons (Fsp3) is 0.438. The molecule has 0 bridgehead atoms. The summed E-state index contributed by atoms with van der Waals surface area (Å²) in [4.78, 5) is 4.46. The van der Waals surface area contributed by atoms with Crippen LogP contribution < -0.4 is 15.4 Å². The summed E-state index contributed by atoms with van der Waals surface area (Å²) in [7, 11) is 0. The van der Waals surface area contributed by atoms with Gasteiger partial charge < -0.3 is 15.4 Å². The molecule has 6 heteroatoms. The number of ether oxygens (including phenoxy) is 1. The smallest absolute Gasteiger partial charge is 0.191 e. The van der Waals surface area contributed by atoms with Crippen LogP contribution in [0.4, 0.5) is 4.39 Å². The number of benzene rings is 1. The number of guanidine groups is 1. The first-order chi connectivity index (χ1) is 10.3. The van der Waals surface area contributed by atoms with Gasteiger partial charge in [-0.15, -0.1) is 24.0 Å². The number of nitrogens with zero attached hydrogens (tertiary/aromatic N) is 1. The first kappa shape index (κ1) is 18.7. The van der Waals surface area contributed by atoms with Gasteiger partial charge in [-0.25, -0.2) is 9.38 Å². The van der Waals surface area contributed by atoms with Crippen LogP contribution in [0.3, 0.4) is 0 Å². The van der Waals surface area contributed by atoms with Crippen molar-refractivity contribution in [2.75, 3.05) is 19.7 Å². The first-order valence-electron chi connectivity index (χ1n) is 7.36. The van der Waals surface area contributed by atoms with E-state index in [1.165, 1.54) is 12.1 Å². The number of aliphatic imine (C=N–C) groups is 1. The van der Waals surface area contributed by atoms with Crippen molar-refractivity contribution in [3.8, 4) is 5.75 Å². The van der Waals surface area contributed by atoms with Gasteiger partial charge in [-0.05, 0) is 31.9 Å². The molecule has 1 aliphatic rings. The summed E-state index contributed by atoms with van der Waals surface area (Å²) in [5, 5.41) is 6.60. The van der Waals surface area contributed by atoms with Gasteiger partial charge in [-0.3, -0.25) is 0 Å². The van der Waals surface area contributed by atoms with Crippen molar-refractivity contribution in [3.63, 3.8) is 0 Å². The van der Waals surface area contributed by atoms with Gasteiger partial charge in [0, 0.05) is 18.7 Å². The van der Waals surface area contributed by atoms with Crippen LogP contribution in [0.15, 0.2) is 41.4 Å². The van der Waals surface area contributed by atoms with E-state index >= 15 is 0 Å². The molecule has 0 amide bonds. The van der Waals surface area contributed by atoms with E-state index in [-0.39, 0.29) is 29.8 Å². The molecule has 0 heterocycles. The molecule has 22 heavy (non-hydrogen) atoms. The maximum Gasteiger partial charge on any atom is 0.191 e. The Morgan fingerprint density at radius 1 is 1.36 bits per heavy atom. The van der Waals surface area contributed by atoms with Crippen LogP contribution in [0.2, 0.25) is 0 Å². The maximum atomic E-state index is 13.0. The number of nitrogens with one attached hydrogen (secondary N) is 2. The predicted octanol–water partition coefficient (Wildman–Crippen LogP) is 3.10. The van der Waals surface area contributed by atoms with Gasteiger partial charge in [0.15, 0.2) is 5.96 Å². The predicted molar refractivity (Wildman–Crippen MR) is 98.6 cm³/mol. The zero-order valence-electron chi connectivity index (χ0n) is 12.7. The minimum atomic E-state index is -0.292. The van der Waals surface area contributed by atoms with E-state index in [2.05, 4.69) is 27.8 Å². The van der Waals surface area contributed by atoms with Crippen molar-refractivity contribution in [2.45, 2.75) is 25.8 Å². The third-order valence-corrected chi connectivity index (χ3v) is 3.12. The second kappa shape index (κ2) is 10.4. The molecule has 4 nitrogen and oxygen atoms in total. The van der Waals surface area contributed by atoms with Crippen molar-refractivity contribution in [1.29, 1.82) is 0 Å². The summed E-state index contributed by atoms with van der Waals surface area (Å²) in [6.45, 7) is 3.79. The lowest BCUT2D eigenvalue weighted by Crippen LogP contribution is -2.42. The molecule has 0 atom stereocenters. The molecule has 1 aromatic rings. The molecule has 1 aromatic carbocycles. The molecular weight excluding hydrogens is 396 g/mol. The van der Waals surface area contributed by atoms with Crippen molar-refractivity contribution < 1.29 is 9.13 Å². The van der Waals surface area contributed by atoms with Crippen molar-refractivity contribution in [2.24, 2.45) is 4.99 Å². The number of hydrogen-bond donors (Lipinski definition) is 2. The Morgan fingerprint density at radius 3 is 2.82 bits per heavy atom. The van der Waals surface area contributed by atoms with E-state index in [1.807, 2.05) is 6.92 Å². The maximum absolute atomic E-state index is 13.0. The van der Waals surface area contributed by atoms with Crippen LogP contribution in [0, 0.1) is 5.82 Å². The van der Waals surface area contributed by atoms with E-state index in [0.29, 0.717) is 24.9 Å². The molecule has 0 unspecified atom stereocenters. The summed E-state index contributed by atoms with van der Waals surface area (Å²) in [5.41, 5.74) is 0. The Hall–Kier alpha value is -1.31. The lowest BCUT2D eigenvalue weighted by molar-refractivity contribution is 0.326. The third-order valence-electron chi connectivity index (χ3n) is 3.12. The highest BCUT2D eigenvalue weighted by Gasteiger charge is 2.11. The van der Waals surface area contributed by atoms with Gasteiger partial charge in [0.05, 0.1) is 6.54 Å². The van der Waals surface area contributed by atoms with Gasteiger partial charge in [-0.2, -0.15) is 0 Å². The summed E-state index contributed by atoms with van der Waals surface area (Å²) in [6.07, 6.45) is 6.41. The van der Waals surface area contributed by atoms with Crippen LogP contribution in [-0.2, 0) is 0 Å². The first-order valence-corrected chi connectivity index (χ1v) is 7.36. The van der Waals surface area contributed by atoms with E-state index in [9.17, 15) is 4.39 Å². The highest BCUT2D eigenvalue weighted by Crippen LogP contribution is 2.11. The molecule has 0 fully saturated rings. The van der Waals surface area contributed by atoms with Crippen molar-refractivity contribution >= 4 is 29.9 Å². The lowest BCUT2D eigenvalue weighted by Gasteiger charge is -2.16. The Bertz CT molecular complexity index is 500. The molecule has 0 aromatic heterocycles. The molecule has 2 N–H and O–H groups in total. The second-order valence-electron chi connectivity index (χ2n) is 4.85. The lowest BCUT2D eigenvalue weighted by atomic mass is 10.2. The summed E-state index contributed by atoms with van der Waals surface area (Å²) >= 11 is 0. The molecule has 0 saturated heterocycles. The minimum Gasteiger partial charge on any atom is -0.492 e. The Balaban J connectivity index is 0.00000242. The summed E-state index contributed by atoms with van der Waals surface area (Å²) < 4.78 is 18.5. The second-order valence-corrected chi connectivity index (χ2v) is 4.85. The summed E-state index contributed by atoms with van der Waals surface area (Å²) in [6, 6.07) is 6.56. The van der Waals surface area contributed by atoms with Crippen LogP contribution in [-0.4, -0.2) is 31.7 Å². The molecule has 0 aliphatic heterocycles. The van der Waals surface area contributed by atoms with E-state index in [1.54, 1.807) is 12.1 Å². The zero-order chi connectivity index (χ0) is 14.9. The average molecular weight is 419 g/mol. The zero-order valence-corrected chi connectivity index (χ0v) is 15.0. The fourth-order valence-electron chi connectivity index (χ4n) is 2.13. The van der Waals surface area contributed by atoms with E-state index in [0.717, 1.165) is 25.3 Å². The molecular formula is C16H23FIN3O. The van der Waals surface area contributed by atoms with Crippen LogP contribution >= 0.6 is 24.0 Å². The highest BCUT2D eigenvalue weighted by molar-refractivity contribution is 14.0. The number of rotatable bonds is 6. The van der Waals surface area contributed by atoms with Gasteiger partial charge in [0.1, 0.15) is 18.2 Å². The average Bonchev–Trinajstić information content (AvgIpc) is 2.97. The van der Waals surface area contributed by atoms with Crippen molar-refractivity contribution in [3.05, 3.63) is 42.2 Å². The third kappa shape index (κ3) is 6.64. The highest BCUT2D eigenvalue weighted by atomic mass is 127. The minimum absolute atomic E-state index is 0. The van der Waals surface area contributed by atoms with E-state index in [4.69, 9.17) is 4.74 Å². The van der Waals surface area contributed by atoms with Crippen molar-refractivity contribution in [1.82, 2.24) is 10.6 Å². The molecule has 122 valence electrons. The molecule has 0 spiro atoms. The Morgan fingerprint density at radius 2 is 2.14 bits per heavy atom. The van der Waals surface area contributed by atoms with E-state index < -0.39 is 0 Å². The number of halogens is 2. The fourth-order valence-corrected chi connectivity index (χ4v) is 2.13.